The molecule has 0 bridgehead atoms. The van der Waals surface area contributed by atoms with E-state index in [1.807, 2.05) is 20.8 Å². The predicted octanol–water partition coefficient (Wildman–Crippen LogP) is 1.90. The van der Waals surface area contributed by atoms with E-state index in [0.717, 1.165) is 11.3 Å². The number of nitrogens with one attached hydrogen (secondary N) is 1. The van der Waals surface area contributed by atoms with Gasteiger partial charge in [0, 0.05) is 5.56 Å². The molecule has 0 unspecified atom stereocenters. The van der Waals surface area contributed by atoms with Gasteiger partial charge in [0.2, 0.25) is 0 Å². The minimum absolute atomic E-state index is 0.101. The lowest BCUT2D eigenvalue weighted by atomic mass is 10.1. The fraction of sp³-hybridized carbons (Fsp3) is 0.462. The first-order chi connectivity index (χ1) is 7.94. The van der Waals surface area contributed by atoms with Gasteiger partial charge in [-0.25, -0.2) is 0 Å². The highest BCUT2D eigenvalue weighted by Gasteiger charge is 2.30. The molecular formula is C13H17NO3. The van der Waals surface area contributed by atoms with Gasteiger partial charge in [-0.1, -0.05) is 0 Å². The van der Waals surface area contributed by atoms with Crippen molar-refractivity contribution in [3.05, 3.63) is 23.3 Å². The topological polar surface area (TPSA) is 47.6 Å². The molecule has 1 amide bonds. The number of hydrogen-bond acceptors (Lipinski definition) is 3. The van der Waals surface area contributed by atoms with Crippen LogP contribution in [-0.2, 0) is 0 Å². The molecule has 1 heterocycles. The zero-order chi connectivity index (χ0) is 12.6. The Labute approximate surface area is 101 Å². The molecule has 1 aliphatic heterocycles. The Morgan fingerprint density at radius 2 is 2.12 bits per heavy atom. The molecule has 0 saturated carbocycles. The van der Waals surface area contributed by atoms with Crippen LogP contribution in [0.5, 0.6) is 11.5 Å². The van der Waals surface area contributed by atoms with Crippen molar-refractivity contribution in [2.45, 2.75) is 26.4 Å². The summed E-state index contributed by atoms with van der Waals surface area (Å²) in [6, 6.07) is 3.52. The number of hydrogen-bond donors (Lipinski definition) is 1. The van der Waals surface area contributed by atoms with Crippen molar-refractivity contribution >= 4 is 5.91 Å². The summed E-state index contributed by atoms with van der Waals surface area (Å²) in [6.45, 7) is 6.28. The highest BCUT2D eigenvalue weighted by Crippen LogP contribution is 2.35. The average molecular weight is 235 g/mol. The van der Waals surface area contributed by atoms with Gasteiger partial charge in [-0.3, -0.25) is 4.79 Å². The maximum atomic E-state index is 11.9. The Kier molecular flexibility index (Phi) is 2.73. The molecule has 4 heteroatoms. The molecule has 17 heavy (non-hydrogen) atoms. The number of carbonyl (C=O) groups is 1. The molecule has 1 aromatic rings. The van der Waals surface area contributed by atoms with Crippen LogP contribution in [-0.4, -0.2) is 25.2 Å². The van der Waals surface area contributed by atoms with Crippen molar-refractivity contribution in [3.8, 4) is 11.5 Å². The van der Waals surface area contributed by atoms with E-state index in [4.69, 9.17) is 9.47 Å². The van der Waals surface area contributed by atoms with E-state index in [1.165, 1.54) is 0 Å². The SMILES string of the molecule is COc1ccc2c(c1C)OC(C)(C)CNC2=O. The molecule has 2 rings (SSSR count). The molecule has 0 atom stereocenters. The Morgan fingerprint density at radius 3 is 2.76 bits per heavy atom. The summed E-state index contributed by atoms with van der Waals surface area (Å²) >= 11 is 0. The fourth-order valence-corrected chi connectivity index (χ4v) is 1.91. The van der Waals surface area contributed by atoms with Crippen LogP contribution in [0, 0.1) is 6.92 Å². The summed E-state index contributed by atoms with van der Waals surface area (Å²) in [7, 11) is 1.61. The Hall–Kier alpha value is -1.71. The van der Waals surface area contributed by atoms with Crippen LogP contribution in [0.25, 0.3) is 0 Å². The highest BCUT2D eigenvalue weighted by molar-refractivity contribution is 5.98. The molecule has 0 spiro atoms. The van der Waals surface area contributed by atoms with Gasteiger partial charge >= 0.3 is 0 Å². The molecule has 0 fully saturated rings. The van der Waals surface area contributed by atoms with Crippen LogP contribution in [0.15, 0.2) is 12.1 Å². The number of methoxy groups -OCH3 is 1. The number of ether oxygens (including phenoxy) is 2. The summed E-state index contributed by atoms with van der Waals surface area (Å²) in [5.41, 5.74) is 1.00. The number of carbonyl (C=O) groups excluding carboxylic acids is 1. The third kappa shape index (κ3) is 2.07. The predicted molar refractivity (Wildman–Crippen MR) is 64.8 cm³/mol. The quantitative estimate of drug-likeness (QED) is 0.808. The van der Waals surface area contributed by atoms with Gasteiger partial charge in [0.1, 0.15) is 17.1 Å². The van der Waals surface area contributed by atoms with E-state index in [-0.39, 0.29) is 5.91 Å². The number of amides is 1. The van der Waals surface area contributed by atoms with Crippen molar-refractivity contribution in [2.24, 2.45) is 0 Å². The van der Waals surface area contributed by atoms with Crippen molar-refractivity contribution in [3.63, 3.8) is 0 Å². The van der Waals surface area contributed by atoms with E-state index < -0.39 is 5.60 Å². The zero-order valence-electron chi connectivity index (χ0n) is 10.6. The van der Waals surface area contributed by atoms with Crippen LogP contribution in [0.4, 0.5) is 0 Å². The first-order valence-electron chi connectivity index (χ1n) is 5.59. The van der Waals surface area contributed by atoms with E-state index in [0.29, 0.717) is 17.9 Å². The standard InChI is InChI=1S/C13H17NO3/c1-8-10(16-4)6-5-9-11(8)17-13(2,3)7-14-12(9)15/h5-6H,7H2,1-4H3,(H,14,15). The van der Waals surface area contributed by atoms with Gasteiger partial charge < -0.3 is 14.8 Å². The Balaban J connectivity index is 2.58. The van der Waals surface area contributed by atoms with Crippen LogP contribution < -0.4 is 14.8 Å². The van der Waals surface area contributed by atoms with E-state index >= 15 is 0 Å². The molecule has 1 N–H and O–H groups in total. The second-order valence-corrected chi connectivity index (χ2v) is 4.81. The lowest BCUT2D eigenvalue weighted by Gasteiger charge is -2.25. The first kappa shape index (κ1) is 11.8. The van der Waals surface area contributed by atoms with E-state index in [1.54, 1.807) is 19.2 Å². The van der Waals surface area contributed by atoms with Gasteiger partial charge in [-0.15, -0.1) is 0 Å². The largest absolute Gasteiger partial charge is 0.496 e. The van der Waals surface area contributed by atoms with E-state index in [9.17, 15) is 4.79 Å². The van der Waals surface area contributed by atoms with Crippen molar-refractivity contribution in [1.29, 1.82) is 0 Å². The third-order valence-electron chi connectivity index (χ3n) is 2.87. The summed E-state index contributed by atoms with van der Waals surface area (Å²) in [5.74, 6) is 1.25. The van der Waals surface area contributed by atoms with Crippen molar-refractivity contribution in [1.82, 2.24) is 5.32 Å². The summed E-state index contributed by atoms with van der Waals surface area (Å²) < 4.78 is 11.2. The number of benzene rings is 1. The maximum absolute atomic E-state index is 11.9. The van der Waals surface area contributed by atoms with Gasteiger partial charge in [0.25, 0.3) is 5.91 Å². The second-order valence-electron chi connectivity index (χ2n) is 4.81. The van der Waals surface area contributed by atoms with Gasteiger partial charge in [0.05, 0.1) is 19.2 Å². The summed E-state index contributed by atoms with van der Waals surface area (Å²) in [5, 5.41) is 2.85. The Morgan fingerprint density at radius 1 is 1.41 bits per heavy atom. The van der Waals surface area contributed by atoms with Crippen molar-refractivity contribution < 1.29 is 14.3 Å². The minimum atomic E-state index is -0.419. The second kappa shape index (κ2) is 3.95. The van der Waals surface area contributed by atoms with Gasteiger partial charge in [-0.05, 0) is 32.9 Å². The molecule has 4 nitrogen and oxygen atoms in total. The average Bonchev–Trinajstić information content (AvgIpc) is 2.39. The number of rotatable bonds is 1. The molecule has 1 aromatic carbocycles. The van der Waals surface area contributed by atoms with Crippen LogP contribution >= 0.6 is 0 Å². The van der Waals surface area contributed by atoms with Gasteiger partial charge in [0.15, 0.2) is 0 Å². The molecule has 0 radical (unpaired) electrons. The van der Waals surface area contributed by atoms with Crippen molar-refractivity contribution in [2.75, 3.05) is 13.7 Å². The highest BCUT2D eigenvalue weighted by atomic mass is 16.5. The lowest BCUT2D eigenvalue weighted by molar-refractivity contribution is 0.0906. The third-order valence-corrected chi connectivity index (χ3v) is 2.87. The van der Waals surface area contributed by atoms with E-state index in [2.05, 4.69) is 5.32 Å². The lowest BCUT2D eigenvalue weighted by Crippen LogP contribution is -2.39. The minimum Gasteiger partial charge on any atom is -0.496 e. The molecule has 0 aliphatic carbocycles. The molecule has 1 aliphatic rings. The molecule has 92 valence electrons. The number of fused-ring (bicyclic) bond motifs is 1. The van der Waals surface area contributed by atoms with Crippen LogP contribution in [0.2, 0.25) is 0 Å². The fourth-order valence-electron chi connectivity index (χ4n) is 1.91. The molecular weight excluding hydrogens is 218 g/mol. The van der Waals surface area contributed by atoms with Crippen LogP contribution in [0.1, 0.15) is 29.8 Å². The smallest absolute Gasteiger partial charge is 0.255 e. The maximum Gasteiger partial charge on any atom is 0.255 e. The Bertz CT molecular complexity index is 466. The first-order valence-corrected chi connectivity index (χ1v) is 5.59. The zero-order valence-corrected chi connectivity index (χ0v) is 10.6. The molecule has 0 saturated heterocycles. The normalized spacial score (nSPS) is 17.5. The summed E-state index contributed by atoms with van der Waals surface area (Å²) in [4.78, 5) is 11.9. The summed E-state index contributed by atoms with van der Waals surface area (Å²) in [6.07, 6.45) is 0. The van der Waals surface area contributed by atoms with Crippen LogP contribution in [0.3, 0.4) is 0 Å². The van der Waals surface area contributed by atoms with Gasteiger partial charge in [-0.2, -0.15) is 0 Å². The molecule has 0 aromatic heterocycles. The monoisotopic (exact) mass is 235 g/mol.